The SMILES string of the molecule is Cn1c(C2CCCN2Cc2cscn2)nc2ccccc21. The fraction of sp³-hybridized carbons (Fsp3) is 0.375. The minimum absolute atomic E-state index is 0.407. The van der Waals surface area contributed by atoms with Gasteiger partial charge in [0.15, 0.2) is 0 Å². The van der Waals surface area contributed by atoms with Crippen LogP contribution in [0.1, 0.15) is 30.4 Å². The van der Waals surface area contributed by atoms with Crippen LogP contribution in [0, 0.1) is 0 Å². The Morgan fingerprint density at radius 1 is 1.33 bits per heavy atom. The van der Waals surface area contributed by atoms with Crippen LogP contribution in [0.4, 0.5) is 0 Å². The number of nitrogens with zero attached hydrogens (tertiary/aromatic N) is 4. The molecule has 1 atom stereocenters. The largest absolute Gasteiger partial charge is 0.330 e. The van der Waals surface area contributed by atoms with Crippen LogP contribution in [0.5, 0.6) is 0 Å². The van der Waals surface area contributed by atoms with Crippen molar-refractivity contribution >= 4 is 22.4 Å². The van der Waals surface area contributed by atoms with Crippen molar-refractivity contribution < 1.29 is 0 Å². The zero-order valence-electron chi connectivity index (χ0n) is 12.1. The lowest BCUT2D eigenvalue weighted by Crippen LogP contribution is -2.25. The van der Waals surface area contributed by atoms with Crippen LogP contribution in [-0.4, -0.2) is 26.0 Å². The van der Waals surface area contributed by atoms with Gasteiger partial charge in [0.1, 0.15) is 5.82 Å². The predicted molar refractivity (Wildman–Crippen MR) is 85.2 cm³/mol. The van der Waals surface area contributed by atoms with Crippen molar-refractivity contribution in [3.8, 4) is 0 Å². The molecular weight excluding hydrogens is 280 g/mol. The fourth-order valence-electron chi connectivity index (χ4n) is 3.29. The van der Waals surface area contributed by atoms with E-state index in [0.717, 1.165) is 18.6 Å². The lowest BCUT2D eigenvalue weighted by atomic mass is 10.2. The lowest BCUT2D eigenvalue weighted by molar-refractivity contribution is 0.235. The topological polar surface area (TPSA) is 34.0 Å². The summed E-state index contributed by atoms with van der Waals surface area (Å²) in [5, 5.41) is 2.14. The van der Waals surface area contributed by atoms with E-state index in [1.54, 1.807) is 11.3 Å². The number of likely N-dealkylation sites (tertiary alicyclic amines) is 1. The van der Waals surface area contributed by atoms with E-state index in [-0.39, 0.29) is 0 Å². The molecule has 1 saturated heterocycles. The second kappa shape index (κ2) is 5.24. The summed E-state index contributed by atoms with van der Waals surface area (Å²) < 4.78 is 2.25. The molecule has 0 aliphatic carbocycles. The Hall–Kier alpha value is -1.72. The van der Waals surface area contributed by atoms with Gasteiger partial charge in [-0.25, -0.2) is 9.97 Å². The van der Waals surface area contributed by atoms with Gasteiger partial charge in [-0.2, -0.15) is 0 Å². The number of aryl methyl sites for hydroxylation is 1. The highest BCUT2D eigenvalue weighted by Gasteiger charge is 2.30. The smallest absolute Gasteiger partial charge is 0.127 e. The van der Waals surface area contributed by atoms with Gasteiger partial charge in [0.05, 0.1) is 28.3 Å². The summed E-state index contributed by atoms with van der Waals surface area (Å²) in [4.78, 5) is 11.8. The number of benzene rings is 1. The van der Waals surface area contributed by atoms with Crippen molar-refractivity contribution in [1.82, 2.24) is 19.4 Å². The fourth-order valence-corrected chi connectivity index (χ4v) is 3.84. The number of thiazole rings is 1. The second-order valence-electron chi connectivity index (χ2n) is 5.63. The first-order chi connectivity index (χ1) is 10.3. The molecule has 1 aromatic carbocycles. The van der Waals surface area contributed by atoms with E-state index in [0.29, 0.717) is 6.04 Å². The highest BCUT2D eigenvalue weighted by molar-refractivity contribution is 7.07. The predicted octanol–water partition coefficient (Wildman–Crippen LogP) is 3.37. The Morgan fingerprint density at radius 2 is 2.24 bits per heavy atom. The summed E-state index contributed by atoms with van der Waals surface area (Å²) in [5.74, 6) is 1.18. The van der Waals surface area contributed by atoms with E-state index in [1.165, 1.54) is 29.9 Å². The van der Waals surface area contributed by atoms with Gasteiger partial charge < -0.3 is 4.57 Å². The molecule has 1 fully saturated rings. The number of hydrogen-bond acceptors (Lipinski definition) is 4. The number of hydrogen-bond donors (Lipinski definition) is 0. The van der Waals surface area contributed by atoms with Crippen molar-refractivity contribution in [2.75, 3.05) is 6.54 Å². The highest BCUT2D eigenvalue weighted by atomic mass is 32.1. The Kier molecular flexibility index (Phi) is 3.24. The molecule has 3 aromatic rings. The third-order valence-electron chi connectivity index (χ3n) is 4.33. The molecule has 1 aliphatic heterocycles. The first-order valence-electron chi connectivity index (χ1n) is 7.35. The van der Waals surface area contributed by atoms with Crippen molar-refractivity contribution in [2.24, 2.45) is 7.05 Å². The molecule has 0 saturated carbocycles. The molecule has 0 amide bonds. The summed E-state index contributed by atoms with van der Waals surface area (Å²) in [6, 6.07) is 8.78. The zero-order chi connectivity index (χ0) is 14.2. The lowest BCUT2D eigenvalue weighted by Gasteiger charge is -2.23. The monoisotopic (exact) mass is 298 g/mol. The van der Waals surface area contributed by atoms with Gasteiger partial charge in [0, 0.05) is 19.0 Å². The maximum Gasteiger partial charge on any atom is 0.127 e. The normalized spacial score (nSPS) is 19.6. The van der Waals surface area contributed by atoms with Gasteiger partial charge in [-0.3, -0.25) is 4.90 Å². The number of aromatic nitrogens is 3. The van der Waals surface area contributed by atoms with Gasteiger partial charge in [0.2, 0.25) is 0 Å². The minimum Gasteiger partial charge on any atom is -0.330 e. The van der Waals surface area contributed by atoms with Gasteiger partial charge in [-0.15, -0.1) is 11.3 Å². The quantitative estimate of drug-likeness (QED) is 0.743. The Morgan fingerprint density at radius 3 is 3.05 bits per heavy atom. The van der Waals surface area contributed by atoms with E-state index >= 15 is 0 Å². The van der Waals surface area contributed by atoms with Crippen LogP contribution in [-0.2, 0) is 13.6 Å². The number of para-hydroxylation sites is 2. The van der Waals surface area contributed by atoms with Crippen LogP contribution in [0.3, 0.4) is 0 Å². The van der Waals surface area contributed by atoms with Crippen molar-refractivity contribution in [2.45, 2.75) is 25.4 Å². The van der Waals surface area contributed by atoms with Crippen LogP contribution in [0.2, 0.25) is 0 Å². The summed E-state index contributed by atoms with van der Waals surface area (Å²) in [5.41, 5.74) is 5.39. The Labute approximate surface area is 128 Å². The first-order valence-corrected chi connectivity index (χ1v) is 8.29. The molecule has 4 nitrogen and oxygen atoms in total. The zero-order valence-corrected chi connectivity index (χ0v) is 12.9. The van der Waals surface area contributed by atoms with Crippen molar-refractivity contribution in [1.29, 1.82) is 0 Å². The maximum absolute atomic E-state index is 4.88. The van der Waals surface area contributed by atoms with Crippen LogP contribution in [0.15, 0.2) is 35.2 Å². The third kappa shape index (κ3) is 2.26. The molecule has 3 heterocycles. The summed E-state index contributed by atoms with van der Waals surface area (Å²) in [6.45, 7) is 2.06. The van der Waals surface area contributed by atoms with Crippen LogP contribution in [0.25, 0.3) is 11.0 Å². The van der Waals surface area contributed by atoms with E-state index in [4.69, 9.17) is 4.98 Å². The Bertz CT molecular complexity index is 747. The molecule has 1 unspecified atom stereocenters. The molecule has 5 heteroatoms. The van der Waals surface area contributed by atoms with Gasteiger partial charge in [0.25, 0.3) is 0 Å². The van der Waals surface area contributed by atoms with E-state index in [1.807, 2.05) is 5.51 Å². The van der Waals surface area contributed by atoms with Crippen molar-refractivity contribution in [3.05, 3.63) is 46.7 Å². The van der Waals surface area contributed by atoms with E-state index in [9.17, 15) is 0 Å². The summed E-state index contributed by atoms with van der Waals surface area (Å²) in [7, 11) is 2.13. The molecule has 2 aromatic heterocycles. The first kappa shape index (κ1) is 13.0. The molecule has 108 valence electrons. The van der Waals surface area contributed by atoms with Crippen LogP contribution < -0.4 is 0 Å². The highest BCUT2D eigenvalue weighted by Crippen LogP contribution is 2.33. The van der Waals surface area contributed by atoms with Crippen LogP contribution >= 0.6 is 11.3 Å². The van der Waals surface area contributed by atoms with E-state index < -0.39 is 0 Å². The molecule has 1 aliphatic rings. The molecule has 0 spiro atoms. The van der Waals surface area contributed by atoms with Gasteiger partial charge in [-0.1, -0.05) is 12.1 Å². The molecule has 4 rings (SSSR count). The number of imidazole rings is 1. The molecule has 0 bridgehead atoms. The molecule has 0 radical (unpaired) electrons. The average Bonchev–Trinajstić information content (AvgIpc) is 3.21. The molecule has 0 N–H and O–H groups in total. The number of rotatable bonds is 3. The maximum atomic E-state index is 4.88. The molecular formula is C16H18N4S. The third-order valence-corrected chi connectivity index (χ3v) is 4.97. The Balaban J connectivity index is 1.68. The van der Waals surface area contributed by atoms with Gasteiger partial charge >= 0.3 is 0 Å². The van der Waals surface area contributed by atoms with Crippen molar-refractivity contribution in [3.63, 3.8) is 0 Å². The van der Waals surface area contributed by atoms with E-state index in [2.05, 4.69) is 51.1 Å². The summed E-state index contributed by atoms with van der Waals surface area (Å²) >= 11 is 1.67. The average molecular weight is 298 g/mol. The van der Waals surface area contributed by atoms with Gasteiger partial charge in [-0.05, 0) is 31.5 Å². The second-order valence-corrected chi connectivity index (χ2v) is 6.34. The standard InChI is InChI=1S/C16H18N4S/c1-19-14-6-3-2-5-13(14)18-16(19)15-7-4-8-20(15)9-12-10-21-11-17-12/h2-3,5-6,10-11,15H,4,7-9H2,1H3. The number of fused-ring (bicyclic) bond motifs is 1. The summed E-state index contributed by atoms with van der Waals surface area (Å²) in [6.07, 6.45) is 2.42. The minimum atomic E-state index is 0.407. The molecule has 21 heavy (non-hydrogen) atoms.